The van der Waals surface area contributed by atoms with Crippen LogP contribution in [-0.2, 0) is 14.3 Å². The van der Waals surface area contributed by atoms with Crippen LogP contribution < -0.4 is 5.32 Å². The Labute approximate surface area is 544 Å². The second kappa shape index (κ2) is 76.3. The lowest BCUT2D eigenvalue weighted by molar-refractivity contribution is -0.143. The number of aliphatic hydroxyl groups excluding tert-OH is 2. The Morgan fingerprint density at radius 1 is 0.322 bits per heavy atom. The topological polar surface area (TPSA) is 95.9 Å². The number of unbranched alkanes of at least 4 members (excludes halogenated alkanes) is 55. The van der Waals surface area contributed by atoms with E-state index in [9.17, 15) is 19.8 Å². The molecule has 0 saturated carbocycles. The summed E-state index contributed by atoms with van der Waals surface area (Å²) in [7, 11) is 0. The number of amides is 1. The van der Waals surface area contributed by atoms with E-state index in [0.29, 0.717) is 25.9 Å². The first kappa shape index (κ1) is 84.8. The average Bonchev–Trinajstić information content (AvgIpc) is 3.55. The summed E-state index contributed by atoms with van der Waals surface area (Å²) in [5.41, 5.74) is 0. The third kappa shape index (κ3) is 72.8. The minimum absolute atomic E-state index is 0.00513. The third-order valence-electron chi connectivity index (χ3n) is 18.3. The van der Waals surface area contributed by atoms with Crippen molar-refractivity contribution in [2.75, 3.05) is 13.2 Å². The molecule has 0 fully saturated rings. The van der Waals surface area contributed by atoms with Crippen LogP contribution in [0.15, 0.2) is 48.6 Å². The van der Waals surface area contributed by atoms with Gasteiger partial charge in [0.2, 0.25) is 5.91 Å². The van der Waals surface area contributed by atoms with Gasteiger partial charge in [-0.25, -0.2) is 0 Å². The van der Waals surface area contributed by atoms with Crippen LogP contribution in [0.2, 0.25) is 0 Å². The maximum absolute atomic E-state index is 12.5. The summed E-state index contributed by atoms with van der Waals surface area (Å²) in [5, 5.41) is 23.4. The molecule has 0 aromatic rings. The fourth-order valence-corrected chi connectivity index (χ4v) is 12.4. The van der Waals surface area contributed by atoms with Crippen molar-refractivity contribution in [3.05, 3.63) is 48.6 Å². The van der Waals surface area contributed by atoms with Crippen molar-refractivity contribution >= 4 is 11.9 Å². The van der Waals surface area contributed by atoms with Crippen molar-refractivity contribution in [2.45, 2.75) is 443 Å². The molecule has 0 aliphatic rings. The summed E-state index contributed by atoms with van der Waals surface area (Å²) in [6.45, 7) is 4.92. The number of aliphatic hydroxyl groups is 2. The number of esters is 1. The Balaban J connectivity index is 3.36. The number of allylic oxidation sites excluding steroid dienone is 8. The van der Waals surface area contributed by atoms with Gasteiger partial charge < -0.3 is 20.3 Å². The molecular formula is C81H153NO5. The number of nitrogens with one attached hydrogen (secondary N) is 1. The van der Waals surface area contributed by atoms with E-state index in [1.807, 2.05) is 0 Å². The fourth-order valence-electron chi connectivity index (χ4n) is 12.4. The molecule has 2 atom stereocenters. The standard InChI is InChI=1S/C81H153NO5/c1-3-5-7-9-11-13-15-17-18-19-43-46-50-53-57-61-65-69-73-79(84)78(77-83)82-80(85)74-70-66-62-58-54-51-47-44-41-39-37-35-33-31-29-27-25-23-21-20-22-24-26-28-30-32-34-36-38-40-42-45-48-52-56-60-64-68-72-76-87-81(86)75-71-67-63-59-55-49-16-14-12-10-8-6-4-2/h8,10,14,16,20-21,24,26,78-79,83-84H,3-7,9,11-13,15,17-19,22-23,25,27-77H2,1-2H3,(H,82,85)/b10-8-,16-14-,21-20-,26-24-. The molecule has 0 spiro atoms. The molecule has 0 bridgehead atoms. The zero-order valence-corrected chi connectivity index (χ0v) is 58.8. The summed E-state index contributed by atoms with van der Waals surface area (Å²) in [4.78, 5) is 24.6. The number of hydrogen-bond acceptors (Lipinski definition) is 5. The van der Waals surface area contributed by atoms with Gasteiger partial charge in [0.1, 0.15) is 0 Å². The first-order chi connectivity index (χ1) is 43.0. The van der Waals surface area contributed by atoms with E-state index in [1.165, 1.54) is 340 Å². The number of carbonyl (C=O) groups excluding carboxylic acids is 2. The summed E-state index contributed by atoms with van der Waals surface area (Å²) >= 11 is 0. The van der Waals surface area contributed by atoms with E-state index in [2.05, 4.69) is 67.8 Å². The van der Waals surface area contributed by atoms with Gasteiger partial charge in [0.25, 0.3) is 0 Å². The highest BCUT2D eigenvalue weighted by molar-refractivity contribution is 5.76. The van der Waals surface area contributed by atoms with Crippen LogP contribution in [-0.4, -0.2) is 47.4 Å². The largest absolute Gasteiger partial charge is 0.466 e. The van der Waals surface area contributed by atoms with E-state index < -0.39 is 12.1 Å². The molecule has 0 aromatic carbocycles. The second-order valence-corrected chi connectivity index (χ2v) is 27.0. The number of carbonyl (C=O) groups is 2. The highest BCUT2D eigenvalue weighted by atomic mass is 16.5. The Morgan fingerprint density at radius 2 is 0.598 bits per heavy atom. The van der Waals surface area contributed by atoms with E-state index in [-0.39, 0.29) is 18.5 Å². The summed E-state index contributed by atoms with van der Waals surface area (Å²) < 4.78 is 5.48. The van der Waals surface area contributed by atoms with Crippen LogP contribution in [0.25, 0.3) is 0 Å². The Bertz CT molecular complexity index is 1450. The van der Waals surface area contributed by atoms with E-state index in [1.54, 1.807) is 0 Å². The number of rotatable bonds is 74. The predicted molar refractivity (Wildman–Crippen MR) is 384 cm³/mol. The van der Waals surface area contributed by atoms with Crippen molar-refractivity contribution < 1.29 is 24.5 Å². The van der Waals surface area contributed by atoms with E-state index >= 15 is 0 Å². The van der Waals surface area contributed by atoms with Gasteiger partial charge in [-0.15, -0.1) is 0 Å². The molecule has 512 valence electrons. The maximum atomic E-state index is 12.5. The van der Waals surface area contributed by atoms with Gasteiger partial charge in [0.05, 0.1) is 25.4 Å². The molecule has 0 aromatic heterocycles. The smallest absolute Gasteiger partial charge is 0.305 e. The minimum Gasteiger partial charge on any atom is -0.466 e. The third-order valence-corrected chi connectivity index (χ3v) is 18.3. The van der Waals surface area contributed by atoms with Gasteiger partial charge in [-0.05, 0) is 83.5 Å². The van der Waals surface area contributed by atoms with Crippen molar-refractivity contribution in [3.63, 3.8) is 0 Å². The van der Waals surface area contributed by atoms with Crippen molar-refractivity contribution in [3.8, 4) is 0 Å². The molecule has 6 heteroatoms. The van der Waals surface area contributed by atoms with E-state index in [0.717, 1.165) is 57.8 Å². The molecule has 0 aliphatic carbocycles. The first-order valence-corrected chi connectivity index (χ1v) is 39.4. The van der Waals surface area contributed by atoms with Crippen LogP contribution in [0, 0.1) is 0 Å². The molecular weight excluding hydrogens is 1070 g/mol. The molecule has 0 heterocycles. The van der Waals surface area contributed by atoms with Gasteiger partial charge in [-0.3, -0.25) is 9.59 Å². The minimum atomic E-state index is -0.663. The molecule has 6 nitrogen and oxygen atoms in total. The average molecular weight is 1220 g/mol. The molecule has 0 aliphatic heterocycles. The first-order valence-electron chi connectivity index (χ1n) is 39.4. The van der Waals surface area contributed by atoms with Crippen molar-refractivity contribution in [1.82, 2.24) is 5.32 Å². The number of hydrogen-bond donors (Lipinski definition) is 3. The monoisotopic (exact) mass is 1220 g/mol. The van der Waals surface area contributed by atoms with Gasteiger partial charge in [0.15, 0.2) is 0 Å². The Morgan fingerprint density at radius 3 is 0.920 bits per heavy atom. The zero-order valence-electron chi connectivity index (χ0n) is 58.8. The normalized spacial score (nSPS) is 12.7. The lowest BCUT2D eigenvalue weighted by atomic mass is 10.0. The van der Waals surface area contributed by atoms with Crippen LogP contribution in [0.1, 0.15) is 431 Å². The lowest BCUT2D eigenvalue weighted by Crippen LogP contribution is -2.45. The second-order valence-electron chi connectivity index (χ2n) is 27.0. The quantitative estimate of drug-likeness (QED) is 0.0320. The van der Waals surface area contributed by atoms with E-state index in [4.69, 9.17) is 4.74 Å². The number of ether oxygens (including phenoxy) is 1. The van der Waals surface area contributed by atoms with Gasteiger partial charge in [0, 0.05) is 12.8 Å². The van der Waals surface area contributed by atoms with Crippen LogP contribution >= 0.6 is 0 Å². The summed E-state index contributed by atoms with van der Waals surface area (Å²) in [6, 6.07) is -0.540. The zero-order chi connectivity index (χ0) is 62.8. The van der Waals surface area contributed by atoms with Crippen LogP contribution in [0.4, 0.5) is 0 Å². The maximum Gasteiger partial charge on any atom is 0.305 e. The fraction of sp³-hybridized carbons (Fsp3) is 0.877. The highest BCUT2D eigenvalue weighted by Gasteiger charge is 2.20. The predicted octanol–water partition coefficient (Wildman–Crippen LogP) is 26.0. The van der Waals surface area contributed by atoms with Gasteiger partial charge in [-0.2, -0.15) is 0 Å². The lowest BCUT2D eigenvalue weighted by Gasteiger charge is -2.22. The molecule has 0 saturated heterocycles. The van der Waals surface area contributed by atoms with Crippen molar-refractivity contribution in [2.24, 2.45) is 0 Å². The molecule has 3 N–H and O–H groups in total. The Hall–Kier alpha value is -2.18. The molecule has 1 amide bonds. The molecule has 0 rings (SSSR count). The van der Waals surface area contributed by atoms with Gasteiger partial charge in [-0.1, -0.05) is 383 Å². The summed E-state index contributed by atoms with van der Waals surface area (Å²) in [5.74, 6) is -0.0228. The summed E-state index contributed by atoms with van der Waals surface area (Å²) in [6.07, 6.45) is 101. The Kier molecular flexibility index (Phi) is 74.4. The molecule has 0 radical (unpaired) electrons. The molecule has 87 heavy (non-hydrogen) atoms. The SMILES string of the molecule is CCC/C=C\C/C=C\CCCCCCCC(=O)OCCCCCCCCCCCCCCCCC/C=C\C/C=C\CCCCCCCCCCCCCCCCCCCC(=O)NC(CO)C(O)CCCCCCCCCCCCCCCCCCCC. The van der Waals surface area contributed by atoms with Crippen LogP contribution in [0.5, 0.6) is 0 Å². The van der Waals surface area contributed by atoms with Crippen LogP contribution in [0.3, 0.4) is 0 Å². The molecule has 2 unspecified atom stereocenters. The van der Waals surface area contributed by atoms with Crippen molar-refractivity contribution in [1.29, 1.82) is 0 Å². The van der Waals surface area contributed by atoms with Gasteiger partial charge >= 0.3 is 5.97 Å². The highest BCUT2D eigenvalue weighted by Crippen LogP contribution is 2.20.